The highest BCUT2D eigenvalue weighted by atomic mass is 16.6. The molecule has 0 fully saturated rings. The van der Waals surface area contributed by atoms with Crippen LogP contribution in [0.3, 0.4) is 0 Å². The zero-order valence-corrected chi connectivity index (χ0v) is 8.91. The first-order valence-corrected chi connectivity index (χ1v) is 4.99. The molecule has 6 heteroatoms. The molecule has 0 aliphatic carbocycles. The van der Waals surface area contributed by atoms with E-state index in [1.54, 1.807) is 24.4 Å². The van der Waals surface area contributed by atoms with Gasteiger partial charge in [-0.2, -0.15) is 0 Å². The Balaban J connectivity index is 1.98. The number of hydrogen-bond donors (Lipinski definition) is 1. The fraction of sp³-hybridized carbons (Fsp3) is 0.0909. The quantitative estimate of drug-likeness (QED) is 0.641. The molecule has 0 bridgehead atoms. The van der Waals surface area contributed by atoms with Crippen molar-refractivity contribution in [2.24, 2.45) is 0 Å². The van der Waals surface area contributed by atoms with Crippen molar-refractivity contribution >= 4 is 11.4 Å². The molecule has 0 saturated carbocycles. The van der Waals surface area contributed by atoms with Crippen LogP contribution in [0.5, 0.6) is 0 Å². The van der Waals surface area contributed by atoms with Crippen LogP contribution < -0.4 is 5.32 Å². The van der Waals surface area contributed by atoms with E-state index < -0.39 is 4.92 Å². The minimum absolute atomic E-state index is 0.0811. The lowest BCUT2D eigenvalue weighted by Gasteiger charge is -2.04. The minimum Gasteiger partial charge on any atom is -0.379 e. The Morgan fingerprint density at radius 2 is 2.00 bits per heavy atom. The van der Waals surface area contributed by atoms with E-state index in [1.807, 2.05) is 0 Å². The fourth-order valence-electron chi connectivity index (χ4n) is 1.32. The van der Waals surface area contributed by atoms with Gasteiger partial charge in [-0.25, -0.2) is 9.97 Å². The van der Waals surface area contributed by atoms with Crippen molar-refractivity contribution in [1.29, 1.82) is 0 Å². The number of hydrogen-bond acceptors (Lipinski definition) is 5. The second kappa shape index (κ2) is 5.02. The maximum atomic E-state index is 10.5. The summed E-state index contributed by atoms with van der Waals surface area (Å²) >= 11 is 0. The van der Waals surface area contributed by atoms with Gasteiger partial charge in [-0.15, -0.1) is 0 Å². The van der Waals surface area contributed by atoms with Gasteiger partial charge >= 0.3 is 0 Å². The predicted molar refractivity (Wildman–Crippen MR) is 62.5 cm³/mol. The summed E-state index contributed by atoms with van der Waals surface area (Å²) in [5, 5.41) is 13.6. The number of non-ortho nitro benzene ring substituents is 1. The van der Waals surface area contributed by atoms with E-state index in [1.165, 1.54) is 18.5 Å². The summed E-state index contributed by atoms with van der Waals surface area (Å²) in [5.74, 6) is 0. The summed E-state index contributed by atoms with van der Waals surface area (Å²) in [5.41, 5.74) is 1.75. The van der Waals surface area contributed by atoms with Gasteiger partial charge in [0.1, 0.15) is 6.33 Å². The highest BCUT2D eigenvalue weighted by Crippen LogP contribution is 2.15. The largest absolute Gasteiger partial charge is 0.379 e. The maximum absolute atomic E-state index is 10.5. The van der Waals surface area contributed by atoms with Crippen LogP contribution in [-0.2, 0) is 6.54 Å². The predicted octanol–water partition coefficient (Wildman–Crippen LogP) is 2.00. The molecule has 0 aliphatic rings. The van der Waals surface area contributed by atoms with E-state index in [9.17, 15) is 10.1 Å². The van der Waals surface area contributed by atoms with E-state index >= 15 is 0 Å². The van der Waals surface area contributed by atoms with E-state index in [-0.39, 0.29) is 5.69 Å². The second-order valence-corrected chi connectivity index (χ2v) is 3.36. The van der Waals surface area contributed by atoms with Crippen molar-refractivity contribution in [2.75, 3.05) is 5.32 Å². The third kappa shape index (κ3) is 2.97. The van der Waals surface area contributed by atoms with Crippen molar-refractivity contribution in [3.8, 4) is 0 Å². The van der Waals surface area contributed by atoms with Gasteiger partial charge in [0, 0.05) is 24.0 Å². The van der Waals surface area contributed by atoms with Gasteiger partial charge in [-0.3, -0.25) is 10.1 Å². The number of rotatable bonds is 4. The molecule has 0 atom stereocenters. The first-order valence-electron chi connectivity index (χ1n) is 4.99. The van der Waals surface area contributed by atoms with Crippen molar-refractivity contribution in [1.82, 2.24) is 9.97 Å². The maximum Gasteiger partial charge on any atom is 0.269 e. The monoisotopic (exact) mass is 230 g/mol. The van der Waals surface area contributed by atoms with Crippen molar-refractivity contribution in [3.05, 3.63) is 58.7 Å². The molecule has 0 unspecified atom stereocenters. The molecular weight excluding hydrogens is 220 g/mol. The van der Waals surface area contributed by atoms with Crippen molar-refractivity contribution < 1.29 is 4.92 Å². The van der Waals surface area contributed by atoms with E-state index in [4.69, 9.17) is 0 Å². The van der Waals surface area contributed by atoms with E-state index in [2.05, 4.69) is 15.3 Å². The highest BCUT2D eigenvalue weighted by Gasteiger charge is 2.03. The Hall–Kier alpha value is -2.50. The Bertz CT molecular complexity index is 499. The Morgan fingerprint density at radius 1 is 1.24 bits per heavy atom. The summed E-state index contributed by atoms with van der Waals surface area (Å²) in [6, 6.07) is 8.06. The van der Waals surface area contributed by atoms with Crippen molar-refractivity contribution in [3.63, 3.8) is 0 Å². The smallest absolute Gasteiger partial charge is 0.269 e. The second-order valence-electron chi connectivity index (χ2n) is 3.36. The van der Waals surface area contributed by atoms with Crippen LogP contribution in [0.2, 0.25) is 0 Å². The molecule has 1 aromatic heterocycles. The molecule has 17 heavy (non-hydrogen) atoms. The van der Waals surface area contributed by atoms with E-state index in [0.29, 0.717) is 6.54 Å². The Morgan fingerprint density at radius 3 is 2.59 bits per heavy atom. The lowest BCUT2D eigenvalue weighted by molar-refractivity contribution is -0.384. The van der Waals surface area contributed by atoms with Crippen LogP contribution in [0.15, 0.2) is 42.9 Å². The number of nitro benzene ring substituents is 1. The van der Waals surface area contributed by atoms with Crippen LogP contribution in [0.25, 0.3) is 0 Å². The molecule has 0 amide bonds. The Kier molecular flexibility index (Phi) is 3.25. The average Bonchev–Trinajstić information content (AvgIpc) is 2.38. The topological polar surface area (TPSA) is 81.0 Å². The number of nitrogens with one attached hydrogen (secondary N) is 1. The lowest BCUT2D eigenvalue weighted by Crippen LogP contribution is -2.01. The van der Waals surface area contributed by atoms with Crippen LogP contribution in [-0.4, -0.2) is 14.9 Å². The summed E-state index contributed by atoms with van der Waals surface area (Å²) in [7, 11) is 0. The molecule has 0 radical (unpaired) electrons. The molecular formula is C11H10N4O2. The third-order valence-corrected chi connectivity index (χ3v) is 2.19. The standard InChI is InChI=1S/C11H10N4O2/c16-15(17)11-3-1-9(2-4-11)13-7-10-5-6-12-8-14-10/h1-6,8,13H,7H2. The van der Waals surface area contributed by atoms with Gasteiger partial charge < -0.3 is 5.32 Å². The molecule has 2 rings (SSSR count). The third-order valence-electron chi connectivity index (χ3n) is 2.19. The normalized spacial score (nSPS) is 9.88. The van der Waals surface area contributed by atoms with Gasteiger partial charge in [0.2, 0.25) is 0 Å². The zero-order valence-electron chi connectivity index (χ0n) is 8.91. The van der Waals surface area contributed by atoms with Crippen molar-refractivity contribution in [2.45, 2.75) is 6.54 Å². The first-order chi connectivity index (χ1) is 8.25. The molecule has 6 nitrogen and oxygen atoms in total. The fourth-order valence-corrected chi connectivity index (χ4v) is 1.32. The van der Waals surface area contributed by atoms with Crippen LogP contribution in [0.1, 0.15) is 5.69 Å². The number of anilines is 1. The molecule has 2 aromatic rings. The summed E-state index contributed by atoms with van der Waals surface area (Å²) in [6.45, 7) is 0.556. The van der Waals surface area contributed by atoms with Gasteiger partial charge in [0.05, 0.1) is 17.2 Å². The Labute approximate surface area is 97.5 Å². The van der Waals surface area contributed by atoms with Gasteiger partial charge in [0.25, 0.3) is 5.69 Å². The summed E-state index contributed by atoms with van der Waals surface area (Å²) in [4.78, 5) is 17.9. The van der Waals surface area contributed by atoms with E-state index in [0.717, 1.165) is 11.4 Å². The molecule has 1 aromatic carbocycles. The number of nitro groups is 1. The number of benzene rings is 1. The molecule has 0 spiro atoms. The zero-order chi connectivity index (χ0) is 12.1. The summed E-state index contributed by atoms with van der Waals surface area (Å²) in [6.07, 6.45) is 3.15. The summed E-state index contributed by atoms with van der Waals surface area (Å²) < 4.78 is 0. The molecule has 0 aliphatic heterocycles. The highest BCUT2D eigenvalue weighted by molar-refractivity contribution is 5.48. The number of nitrogens with zero attached hydrogens (tertiary/aromatic N) is 3. The average molecular weight is 230 g/mol. The lowest BCUT2D eigenvalue weighted by atomic mass is 10.3. The molecule has 86 valence electrons. The van der Waals surface area contributed by atoms with Gasteiger partial charge in [0.15, 0.2) is 0 Å². The molecule has 0 saturated heterocycles. The number of aromatic nitrogens is 2. The SMILES string of the molecule is O=[N+]([O-])c1ccc(NCc2ccncn2)cc1. The minimum atomic E-state index is -0.422. The van der Waals surface area contributed by atoms with Crippen LogP contribution in [0.4, 0.5) is 11.4 Å². The first kappa shape index (κ1) is 11.0. The van der Waals surface area contributed by atoms with Gasteiger partial charge in [-0.05, 0) is 18.2 Å². The molecule has 1 heterocycles. The molecule has 1 N–H and O–H groups in total. The van der Waals surface area contributed by atoms with Gasteiger partial charge in [-0.1, -0.05) is 0 Å². The van der Waals surface area contributed by atoms with Crippen LogP contribution >= 0.6 is 0 Å². The van der Waals surface area contributed by atoms with Crippen LogP contribution in [0, 0.1) is 10.1 Å².